The molecule has 1 aromatic carbocycles. The Morgan fingerprint density at radius 1 is 1.16 bits per heavy atom. The molecule has 1 saturated heterocycles. The first-order valence-corrected chi connectivity index (χ1v) is 6.86. The highest BCUT2D eigenvalue weighted by atomic mass is 16.2. The maximum Gasteiger partial charge on any atom is 0.242 e. The zero-order chi connectivity index (χ0) is 13.2. The summed E-state index contributed by atoms with van der Waals surface area (Å²) < 4.78 is 1.99. The Kier molecular flexibility index (Phi) is 3.15. The largest absolute Gasteiger partial charge is 0.399 e. The Morgan fingerprint density at radius 2 is 1.95 bits per heavy atom. The van der Waals surface area contributed by atoms with Crippen LogP contribution in [0.4, 0.5) is 5.69 Å². The monoisotopic (exact) mass is 257 g/mol. The molecule has 2 aromatic rings. The third-order valence-corrected chi connectivity index (χ3v) is 3.81. The van der Waals surface area contributed by atoms with Gasteiger partial charge in [0.25, 0.3) is 0 Å². The summed E-state index contributed by atoms with van der Waals surface area (Å²) in [6.07, 6.45) is 5.47. The summed E-state index contributed by atoms with van der Waals surface area (Å²) in [6.45, 7) is 2.22. The molecule has 0 bridgehead atoms. The molecule has 0 atom stereocenters. The van der Waals surface area contributed by atoms with Crippen LogP contribution in [-0.2, 0) is 11.3 Å². The lowest BCUT2D eigenvalue weighted by Gasteiger charge is -2.27. The number of anilines is 1. The first-order chi connectivity index (χ1) is 9.24. The minimum absolute atomic E-state index is 0.208. The Balaban J connectivity index is 1.80. The second-order valence-corrected chi connectivity index (χ2v) is 5.20. The van der Waals surface area contributed by atoms with Crippen molar-refractivity contribution < 1.29 is 4.79 Å². The number of amides is 1. The van der Waals surface area contributed by atoms with Gasteiger partial charge in [-0.1, -0.05) is 6.07 Å². The molecule has 0 radical (unpaired) electrons. The molecule has 19 heavy (non-hydrogen) atoms. The van der Waals surface area contributed by atoms with Gasteiger partial charge in [0.05, 0.1) is 5.52 Å². The minimum atomic E-state index is 0.208. The molecule has 4 nitrogen and oxygen atoms in total. The van der Waals surface area contributed by atoms with Gasteiger partial charge in [0.1, 0.15) is 6.54 Å². The summed E-state index contributed by atoms with van der Waals surface area (Å²) in [6, 6.07) is 7.84. The van der Waals surface area contributed by atoms with Gasteiger partial charge in [-0.15, -0.1) is 0 Å². The van der Waals surface area contributed by atoms with Crippen molar-refractivity contribution in [3.63, 3.8) is 0 Å². The number of likely N-dealkylation sites (tertiary alicyclic amines) is 1. The number of hydrogen-bond acceptors (Lipinski definition) is 2. The lowest BCUT2D eigenvalue weighted by Crippen LogP contribution is -2.37. The van der Waals surface area contributed by atoms with Crippen LogP contribution < -0.4 is 5.73 Å². The number of nitrogens with two attached hydrogens (primary N) is 1. The molecular weight excluding hydrogens is 238 g/mol. The Bertz CT molecular complexity index is 596. The molecule has 0 saturated carbocycles. The third-order valence-electron chi connectivity index (χ3n) is 3.81. The van der Waals surface area contributed by atoms with E-state index in [0.29, 0.717) is 6.54 Å². The van der Waals surface area contributed by atoms with Crippen molar-refractivity contribution in [1.82, 2.24) is 9.47 Å². The second kappa shape index (κ2) is 4.96. The number of aromatic nitrogens is 1. The van der Waals surface area contributed by atoms with E-state index in [-0.39, 0.29) is 5.91 Å². The molecule has 3 rings (SSSR count). The molecule has 4 heteroatoms. The van der Waals surface area contributed by atoms with E-state index in [9.17, 15) is 4.79 Å². The Morgan fingerprint density at radius 3 is 2.74 bits per heavy atom. The van der Waals surface area contributed by atoms with Crippen molar-refractivity contribution in [2.45, 2.75) is 25.8 Å². The zero-order valence-corrected chi connectivity index (χ0v) is 11.0. The van der Waals surface area contributed by atoms with Gasteiger partial charge in [0.15, 0.2) is 0 Å². The third kappa shape index (κ3) is 2.43. The van der Waals surface area contributed by atoms with Gasteiger partial charge in [0.2, 0.25) is 5.91 Å². The molecule has 1 amide bonds. The van der Waals surface area contributed by atoms with Crippen LogP contribution in [0.2, 0.25) is 0 Å². The maximum absolute atomic E-state index is 12.3. The van der Waals surface area contributed by atoms with E-state index in [4.69, 9.17) is 5.73 Å². The molecule has 2 N–H and O–H groups in total. The van der Waals surface area contributed by atoms with E-state index in [1.54, 1.807) is 0 Å². The number of piperidine rings is 1. The van der Waals surface area contributed by atoms with Crippen LogP contribution in [0.15, 0.2) is 30.5 Å². The summed E-state index contributed by atoms with van der Waals surface area (Å²) >= 11 is 0. The van der Waals surface area contributed by atoms with Crippen LogP contribution in [0.1, 0.15) is 19.3 Å². The van der Waals surface area contributed by atoms with E-state index in [1.807, 2.05) is 39.9 Å². The van der Waals surface area contributed by atoms with E-state index in [0.717, 1.165) is 42.5 Å². The van der Waals surface area contributed by atoms with Gasteiger partial charge in [0, 0.05) is 25.0 Å². The highest BCUT2D eigenvalue weighted by Gasteiger charge is 2.17. The number of carbonyl (C=O) groups excluding carboxylic acids is 1. The van der Waals surface area contributed by atoms with E-state index >= 15 is 0 Å². The summed E-state index contributed by atoms with van der Waals surface area (Å²) in [5.74, 6) is 0.208. The van der Waals surface area contributed by atoms with Gasteiger partial charge < -0.3 is 15.2 Å². The first kappa shape index (κ1) is 12.1. The molecule has 100 valence electrons. The van der Waals surface area contributed by atoms with Gasteiger partial charge in [-0.2, -0.15) is 0 Å². The quantitative estimate of drug-likeness (QED) is 0.839. The standard InChI is InChI=1S/C15H19N3O/c16-13-5-4-12-6-9-18(14(12)10-13)11-15(19)17-7-2-1-3-8-17/h4-6,9-10H,1-3,7-8,11,16H2. The molecule has 0 spiro atoms. The molecular formula is C15H19N3O. The normalized spacial score (nSPS) is 15.9. The molecule has 0 aliphatic carbocycles. The average Bonchev–Trinajstić information content (AvgIpc) is 2.82. The van der Waals surface area contributed by atoms with E-state index < -0.39 is 0 Å². The lowest BCUT2D eigenvalue weighted by molar-refractivity contribution is -0.132. The fourth-order valence-electron chi connectivity index (χ4n) is 2.73. The number of nitrogens with zero attached hydrogens (tertiary/aromatic N) is 2. The van der Waals surface area contributed by atoms with Crippen molar-refractivity contribution in [3.05, 3.63) is 30.5 Å². The van der Waals surface area contributed by atoms with Crippen LogP contribution in [0.25, 0.3) is 10.9 Å². The number of fused-ring (bicyclic) bond motifs is 1. The lowest BCUT2D eigenvalue weighted by atomic mass is 10.1. The molecule has 0 unspecified atom stereocenters. The smallest absolute Gasteiger partial charge is 0.242 e. The van der Waals surface area contributed by atoms with Crippen LogP contribution in [0, 0.1) is 0 Å². The zero-order valence-electron chi connectivity index (χ0n) is 11.0. The van der Waals surface area contributed by atoms with Gasteiger partial charge >= 0.3 is 0 Å². The predicted octanol–water partition coefficient (Wildman–Crippen LogP) is 2.24. The average molecular weight is 257 g/mol. The van der Waals surface area contributed by atoms with Crippen molar-refractivity contribution in [3.8, 4) is 0 Å². The van der Waals surface area contributed by atoms with Crippen LogP contribution in [-0.4, -0.2) is 28.5 Å². The Hall–Kier alpha value is -1.97. The predicted molar refractivity (Wildman–Crippen MR) is 76.8 cm³/mol. The van der Waals surface area contributed by atoms with E-state index in [1.165, 1.54) is 6.42 Å². The molecule has 1 aromatic heterocycles. The number of hydrogen-bond donors (Lipinski definition) is 1. The van der Waals surface area contributed by atoms with Crippen LogP contribution in [0.3, 0.4) is 0 Å². The number of benzene rings is 1. The van der Waals surface area contributed by atoms with Gasteiger partial charge in [-0.25, -0.2) is 0 Å². The van der Waals surface area contributed by atoms with Crippen molar-refractivity contribution in [2.24, 2.45) is 0 Å². The fraction of sp³-hybridized carbons (Fsp3) is 0.400. The first-order valence-electron chi connectivity index (χ1n) is 6.86. The van der Waals surface area contributed by atoms with Crippen LogP contribution in [0.5, 0.6) is 0 Å². The molecule has 1 aliphatic heterocycles. The maximum atomic E-state index is 12.3. The van der Waals surface area contributed by atoms with Gasteiger partial charge in [-0.05, 0) is 42.8 Å². The highest BCUT2D eigenvalue weighted by molar-refractivity contribution is 5.85. The second-order valence-electron chi connectivity index (χ2n) is 5.20. The summed E-state index contributed by atoms with van der Waals surface area (Å²) in [5.41, 5.74) is 7.58. The highest BCUT2D eigenvalue weighted by Crippen LogP contribution is 2.19. The molecule has 2 heterocycles. The van der Waals surface area contributed by atoms with E-state index in [2.05, 4.69) is 0 Å². The van der Waals surface area contributed by atoms with Crippen molar-refractivity contribution >= 4 is 22.5 Å². The van der Waals surface area contributed by atoms with Crippen molar-refractivity contribution in [1.29, 1.82) is 0 Å². The minimum Gasteiger partial charge on any atom is -0.399 e. The molecule has 1 fully saturated rings. The number of rotatable bonds is 2. The van der Waals surface area contributed by atoms with Crippen LogP contribution >= 0.6 is 0 Å². The summed E-state index contributed by atoms with van der Waals surface area (Å²) in [4.78, 5) is 14.2. The molecule has 1 aliphatic rings. The SMILES string of the molecule is Nc1ccc2ccn(CC(=O)N3CCCCC3)c2c1. The number of nitrogen functional groups attached to an aromatic ring is 1. The Labute approximate surface area is 112 Å². The fourth-order valence-corrected chi connectivity index (χ4v) is 2.73. The van der Waals surface area contributed by atoms with Gasteiger partial charge in [-0.3, -0.25) is 4.79 Å². The summed E-state index contributed by atoms with van der Waals surface area (Å²) in [5, 5.41) is 1.13. The number of carbonyl (C=O) groups is 1. The summed E-state index contributed by atoms with van der Waals surface area (Å²) in [7, 11) is 0. The topological polar surface area (TPSA) is 51.3 Å². The van der Waals surface area contributed by atoms with Crippen molar-refractivity contribution in [2.75, 3.05) is 18.8 Å².